The number of carboxylic acid groups (broad SMARTS) is 1. The summed E-state index contributed by atoms with van der Waals surface area (Å²) in [6, 6.07) is -0.619. The van der Waals surface area contributed by atoms with E-state index in [1.165, 1.54) is 0 Å². The van der Waals surface area contributed by atoms with E-state index in [-0.39, 0.29) is 5.91 Å². The molecule has 19 heavy (non-hydrogen) atoms. The van der Waals surface area contributed by atoms with E-state index in [1.807, 2.05) is 6.26 Å². The molecule has 110 valence electrons. The second-order valence-electron chi connectivity index (χ2n) is 5.18. The van der Waals surface area contributed by atoms with Crippen LogP contribution < -0.4 is 11.1 Å². The Morgan fingerprint density at radius 2 is 1.89 bits per heavy atom. The number of carboxylic acids is 1. The Morgan fingerprint density at radius 3 is 2.37 bits per heavy atom. The number of carbonyl (C=O) groups excluding carboxylic acids is 1. The van der Waals surface area contributed by atoms with Crippen LogP contribution >= 0.6 is 11.8 Å². The van der Waals surface area contributed by atoms with Gasteiger partial charge in [0.25, 0.3) is 0 Å². The molecule has 0 radical (unpaired) electrons. The fraction of sp³-hybridized carbons (Fsp3) is 0.846. The minimum atomic E-state index is -1.11. The maximum atomic E-state index is 12.0. The van der Waals surface area contributed by atoms with E-state index in [0.717, 1.165) is 31.4 Å². The Hall–Kier alpha value is -0.750. The van der Waals surface area contributed by atoms with E-state index in [4.69, 9.17) is 5.73 Å². The quantitative estimate of drug-likeness (QED) is 0.642. The summed E-state index contributed by atoms with van der Waals surface area (Å²) >= 11 is 1.63. The number of nitrogens with one attached hydrogen (secondary N) is 1. The van der Waals surface area contributed by atoms with Crippen molar-refractivity contribution in [1.29, 1.82) is 0 Å². The highest BCUT2D eigenvalue weighted by molar-refractivity contribution is 7.98. The Balaban J connectivity index is 2.67. The monoisotopic (exact) mass is 288 g/mol. The second-order valence-corrected chi connectivity index (χ2v) is 6.16. The van der Waals surface area contributed by atoms with Crippen molar-refractivity contribution in [3.8, 4) is 0 Å². The van der Waals surface area contributed by atoms with Crippen LogP contribution in [0.25, 0.3) is 0 Å². The summed E-state index contributed by atoms with van der Waals surface area (Å²) in [6.07, 6.45) is 7.27. The van der Waals surface area contributed by atoms with Crippen LogP contribution in [0, 0.1) is 0 Å². The summed E-state index contributed by atoms with van der Waals surface area (Å²) in [7, 11) is 0. The molecule has 0 spiro atoms. The fourth-order valence-corrected chi connectivity index (χ4v) is 2.92. The van der Waals surface area contributed by atoms with E-state index in [0.29, 0.717) is 19.3 Å². The van der Waals surface area contributed by atoms with Crippen LogP contribution in [0.4, 0.5) is 0 Å². The first kappa shape index (κ1) is 16.3. The molecule has 0 aromatic rings. The molecule has 0 bridgehead atoms. The lowest BCUT2D eigenvalue weighted by Gasteiger charge is -2.30. The van der Waals surface area contributed by atoms with Gasteiger partial charge in [0, 0.05) is 0 Å². The predicted octanol–water partition coefficient (Wildman–Crippen LogP) is 1.36. The summed E-state index contributed by atoms with van der Waals surface area (Å²) in [4.78, 5) is 23.6. The molecule has 5 nitrogen and oxygen atoms in total. The average Bonchev–Trinajstić information content (AvgIpc) is 2.62. The molecule has 1 rings (SSSR count). The molecule has 1 saturated carbocycles. The largest absolute Gasteiger partial charge is 0.480 e. The molecular formula is C13H24N2O3S. The van der Waals surface area contributed by atoms with Gasteiger partial charge in [-0.15, -0.1) is 0 Å². The van der Waals surface area contributed by atoms with E-state index in [1.54, 1.807) is 11.8 Å². The molecule has 1 aliphatic rings. The molecule has 4 N–H and O–H groups in total. The van der Waals surface area contributed by atoms with Gasteiger partial charge in [0.15, 0.2) is 0 Å². The number of thioether (sulfide) groups is 1. The highest BCUT2D eigenvalue weighted by atomic mass is 32.2. The lowest BCUT2D eigenvalue weighted by atomic mass is 9.89. The third kappa shape index (κ3) is 4.69. The zero-order valence-electron chi connectivity index (χ0n) is 11.5. The van der Waals surface area contributed by atoms with E-state index >= 15 is 0 Å². The van der Waals surface area contributed by atoms with Gasteiger partial charge in [-0.05, 0) is 31.3 Å². The van der Waals surface area contributed by atoms with Crippen LogP contribution in [0.15, 0.2) is 0 Å². The van der Waals surface area contributed by atoms with Crippen molar-refractivity contribution in [2.24, 2.45) is 5.73 Å². The van der Waals surface area contributed by atoms with Gasteiger partial charge >= 0.3 is 5.97 Å². The number of hydrogen-bond donors (Lipinski definition) is 3. The van der Waals surface area contributed by atoms with E-state index in [2.05, 4.69) is 5.32 Å². The van der Waals surface area contributed by atoms with Gasteiger partial charge in [-0.2, -0.15) is 11.8 Å². The van der Waals surface area contributed by atoms with Gasteiger partial charge in [0.2, 0.25) is 5.91 Å². The lowest BCUT2D eigenvalue weighted by molar-refractivity contribution is -0.148. The molecule has 0 aromatic heterocycles. The van der Waals surface area contributed by atoms with Gasteiger partial charge in [0.05, 0.1) is 6.04 Å². The second kappa shape index (κ2) is 7.75. The molecule has 0 saturated heterocycles. The van der Waals surface area contributed by atoms with Crippen molar-refractivity contribution < 1.29 is 14.7 Å². The van der Waals surface area contributed by atoms with Gasteiger partial charge in [-0.25, -0.2) is 4.79 Å². The molecule has 0 aliphatic heterocycles. The van der Waals surface area contributed by atoms with Crippen LogP contribution in [-0.2, 0) is 9.59 Å². The smallest absolute Gasteiger partial charge is 0.329 e. The Bertz CT molecular complexity index is 315. The summed E-state index contributed by atoms with van der Waals surface area (Å²) < 4.78 is 0. The molecule has 0 unspecified atom stereocenters. The standard InChI is InChI=1S/C13H24N2O3S/c1-19-9-6-10(14)11(16)15-13(12(17)18)7-4-2-3-5-8-13/h10H,2-9,14H2,1H3,(H,15,16)(H,17,18)/t10-/m0/s1. The van der Waals surface area contributed by atoms with Gasteiger partial charge < -0.3 is 16.2 Å². The third-order valence-corrected chi connectivity index (χ3v) is 4.34. The molecule has 0 aromatic carbocycles. The number of hydrogen-bond acceptors (Lipinski definition) is 4. The highest BCUT2D eigenvalue weighted by Gasteiger charge is 2.40. The average molecular weight is 288 g/mol. The van der Waals surface area contributed by atoms with Crippen molar-refractivity contribution >= 4 is 23.6 Å². The highest BCUT2D eigenvalue weighted by Crippen LogP contribution is 2.27. The first-order valence-corrected chi connectivity index (χ1v) is 8.21. The molecule has 1 fully saturated rings. The SMILES string of the molecule is CSCC[C@H](N)C(=O)NC1(C(=O)O)CCCCCC1. The Kier molecular flexibility index (Phi) is 6.65. The molecule has 6 heteroatoms. The van der Waals surface area contributed by atoms with Crippen molar-refractivity contribution in [2.45, 2.75) is 56.5 Å². The van der Waals surface area contributed by atoms with Crippen LogP contribution in [0.2, 0.25) is 0 Å². The number of rotatable bonds is 6. The van der Waals surface area contributed by atoms with Gasteiger partial charge in [-0.1, -0.05) is 25.7 Å². The summed E-state index contributed by atoms with van der Waals surface area (Å²) in [6.45, 7) is 0. The molecule has 1 amide bonds. The van der Waals surface area contributed by atoms with Crippen molar-refractivity contribution in [2.75, 3.05) is 12.0 Å². The zero-order valence-corrected chi connectivity index (χ0v) is 12.3. The van der Waals surface area contributed by atoms with Crippen molar-refractivity contribution in [1.82, 2.24) is 5.32 Å². The molecular weight excluding hydrogens is 264 g/mol. The minimum Gasteiger partial charge on any atom is -0.480 e. The summed E-state index contributed by atoms with van der Waals surface area (Å²) in [5.74, 6) is -0.465. The first-order valence-electron chi connectivity index (χ1n) is 6.82. The van der Waals surface area contributed by atoms with Crippen molar-refractivity contribution in [3.05, 3.63) is 0 Å². The number of aliphatic carboxylic acids is 1. The van der Waals surface area contributed by atoms with E-state index < -0.39 is 17.6 Å². The third-order valence-electron chi connectivity index (χ3n) is 3.70. The maximum Gasteiger partial charge on any atom is 0.329 e. The van der Waals surface area contributed by atoms with Crippen LogP contribution in [0.3, 0.4) is 0 Å². The molecule has 0 heterocycles. The van der Waals surface area contributed by atoms with E-state index in [9.17, 15) is 14.7 Å². The number of amides is 1. The zero-order chi connectivity index (χ0) is 14.3. The fourth-order valence-electron chi connectivity index (χ4n) is 2.43. The maximum absolute atomic E-state index is 12.0. The number of nitrogens with two attached hydrogens (primary N) is 1. The normalized spacial score (nSPS) is 20.3. The Morgan fingerprint density at radius 1 is 1.32 bits per heavy atom. The lowest BCUT2D eigenvalue weighted by Crippen LogP contribution is -2.58. The molecule has 1 atom stereocenters. The summed E-state index contributed by atoms with van der Waals surface area (Å²) in [5, 5.41) is 12.2. The van der Waals surface area contributed by atoms with Crippen LogP contribution in [0.5, 0.6) is 0 Å². The number of carbonyl (C=O) groups is 2. The van der Waals surface area contributed by atoms with Gasteiger partial charge in [-0.3, -0.25) is 4.79 Å². The van der Waals surface area contributed by atoms with Crippen LogP contribution in [0.1, 0.15) is 44.9 Å². The van der Waals surface area contributed by atoms with Gasteiger partial charge in [0.1, 0.15) is 5.54 Å². The predicted molar refractivity (Wildman–Crippen MR) is 77.2 cm³/mol. The topological polar surface area (TPSA) is 92.4 Å². The first-order chi connectivity index (χ1) is 9.02. The Labute approximate surface area is 118 Å². The van der Waals surface area contributed by atoms with Crippen LogP contribution in [-0.4, -0.2) is 40.6 Å². The van der Waals surface area contributed by atoms with Crippen molar-refractivity contribution in [3.63, 3.8) is 0 Å². The minimum absolute atomic E-state index is 0.335. The molecule has 1 aliphatic carbocycles. The summed E-state index contributed by atoms with van der Waals surface area (Å²) in [5.41, 5.74) is 4.69.